The lowest BCUT2D eigenvalue weighted by Crippen LogP contribution is -2.47. The van der Waals surface area contributed by atoms with Gasteiger partial charge < -0.3 is 9.47 Å². The van der Waals surface area contributed by atoms with Crippen molar-refractivity contribution in [1.29, 1.82) is 0 Å². The van der Waals surface area contributed by atoms with Gasteiger partial charge in [0.25, 0.3) is 0 Å². The first-order valence-electron chi connectivity index (χ1n) is 7.41. The molecule has 22 heavy (non-hydrogen) atoms. The van der Waals surface area contributed by atoms with E-state index in [-0.39, 0.29) is 18.7 Å². The third kappa shape index (κ3) is 3.08. The zero-order valence-corrected chi connectivity index (χ0v) is 13.8. The Balaban J connectivity index is 2.22. The summed E-state index contributed by atoms with van der Waals surface area (Å²) in [5.74, 6) is -0.446. The number of carbonyl (C=O) groups excluding carboxylic acids is 2. The highest BCUT2D eigenvalue weighted by Crippen LogP contribution is 2.24. The Labute approximate surface area is 130 Å². The van der Waals surface area contributed by atoms with Gasteiger partial charge in [0.15, 0.2) is 0 Å². The van der Waals surface area contributed by atoms with E-state index in [1.165, 1.54) is 13.3 Å². The Morgan fingerprint density at radius 3 is 2.73 bits per heavy atom. The molecule has 1 atom stereocenters. The van der Waals surface area contributed by atoms with Crippen LogP contribution in [0.3, 0.4) is 0 Å². The van der Waals surface area contributed by atoms with Crippen molar-refractivity contribution in [3.8, 4) is 0 Å². The maximum atomic E-state index is 12.4. The van der Waals surface area contributed by atoms with Crippen LogP contribution in [0.4, 0.5) is 4.79 Å². The van der Waals surface area contributed by atoms with E-state index in [4.69, 9.17) is 9.47 Å². The van der Waals surface area contributed by atoms with Gasteiger partial charge in [0, 0.05) is 0 Å². The molecule has 1 aromatic rings. The van der Waals surface area contributed by atoms with E-state index in [9.17, 15) is 9.59 Å². The number of amides is 1. The van der Waals surface area contributed by atoms with Gasteiger partial charge in [0.05, 0.1) is 38.1 Å². The number of fused-ring (bicyclic) bond motifs is 1. The summed E-state index contributed by atoms with van der Waals surface area (Å²) < 4.78 is 12.1. The van der Waals surface area contributed by atoms with Crippen LogP contribution in [0.25, 0.3) is 0 Å². The summed E-state index contributed by atoms with van der Waals surface area (Å²) in [6.45, 7) is 8.46. The van der Waals surface area contributed by atoms with E-state index in [1.807, 2.05) is 27.7 Å². The minimum atomic E-state index is -0.514. The fourth-order valence-corrected chi connectivity index (χ4v) is 2.29. The summed E-state index contributed by atoms with van der Waals surface area (Å²) in [6, 6.07) is -0.0574. The molecule has 0 aliphatic carbocycles. The lowest BCUT2D eigenvalue weighted by molar-refractivity contribution is -0.00277. The molecule has 0 aromatic carbocycles. The Kier molecular flexibility index (Phi) is 4.44. The highest BCUT2D eigenvalue weighted by atomic mass is 16.6. The molecular weight excluding hydrogens is 286 g/mol. The smallest absolute Gasteiger partial charge is 0.410 e. The molecule has 1 amide bonds. The van der Waals surface area contributed by atoms with Crippen LogP contribution >= 0.6 is 0 Å². The summed E-state index contributed by atoms with van der Waals surface area (Å²) in [6.07, 6.45) is 1.84. The van der Waals surface area contributed by atoms with E-state index < -0.39 is 11.6 Å². The predicted octanol–water partition coefficient (Wildman–Crippen LogP) is 2.20. The number of methoxy groups -OCH3 is 1. The lowest BCUT2D eigenvalue weighted by Gasteiger charge is -2.36. The summed E-state index contributed by atoms with van der Waals surface area (Å²) in [5, 5.41) is 4.20. The van der Waals surface area contributed by atoms with Gasteiger partial charge in [-0.3, -0.25) is 9.58 Å². The molecule has 0 bridgehead atoms. The summed E-state index contributed by atoms with van der Waals surface area (Å²) in [4.78, 5) is 25.8. The highest BCUT2D eigenvalue weighted by Gasteiger charge is 2.34. The summed E-state index contributed by atoms with van der Waals surface area (Å²) >= 11 is 0. The first-order chi connectivity index (χ1) is 10.3. The first kappa shape index (κ1) is 16.3. The van der Waals surface area contributed by atoms with Crippen molar-refractivity contribution in [2.45, 2.75) is 58.8 Å². The molecule has 0 radical (unpaired) electrons. The van der Waals surface area contributed by atoms with Crippen molar-refractivity contribution < 1.29 is 19.1 Å². The van der Waals surface area contributed by atoms with Gasteiger partial charge in [-0.1, -0.05) is 6.92 Å². The normalized spacial score (nSPS) is 17.9. The molecule has 7 heteroatoms. The van der Waals surface area contributed by atoms with Gasteiger partial charge in [-0.2, -0.15) is 5.10 Å². The highest BCUT2D eigenvalue weighted by molar-refractivity contribution is 5.90. The SMILES string of the molecule is CCC(C)(C)OC(=O)N1Cc2c(C(=O)OC)cnn2C[C@@H]1C. The van der Waals surface area contributed by atoms with Gasteiger partial charge in [-0.25, -0.2) is 9.59 Å². The van der Waals surface area contributed by atoms with Crippen LogP contribution in [0, 0.1) is 0 Å². The van der Waals surface area contributed by atoms with E-state index in [1.54, 1.807) is 9.58 Å². The van der Waals surface area contributed by atoms with Crippen molar-refractivity contribution in [1.82, 2.24) is 14.7 Å². The second-order valence-corrected chi connectivity index (χ2v) is 6.14. The molecule has 7 nitrogen and oxygen atoms in total. The Hall–Kier alpha value is -2.05. The minimum absolute atomic E-state index is 0.0574. The molecule has 1 aliphatic rings. The van der Waals surface area contributed by atoms with E-state index >= 15 is 0 Å². The van der Waals surface area contributed by atoms with E-state index in [0.29, 0.717) is 17.8 Å². The second kappa shape index (κ2) is 5.98. The van der Waals surface area contributed by atoms with Gasteiger partial charge in [0.2, 0.25) is 0 Å². The largest absolute Gasteiger partial charge is 0.465 e. The summed E-state index contributed by atoms with van der Waals surface area (Å²) in [7, 11) is 1.33. The number of ether oxygens (including phenoxy) is 2. The topological polar surface area (TPSA) is 73.7 Å². The molecule has 0 unspecified atom stereocenters. The quantitative estimate of drug-likeness (QED) is 0.800. The molecule has 2 heterocycles. The van der Waals surface area contributed by atoms with Crippen LogP contribution in [-0.2, 0) is 22.6 Å². The number of carbonyl (C=O) groups is 2. The number of hydrogen-bond acceptors (Lipinski definition) is 5. The van der Waals surface area contributed by atoms with E-state index in [2.05, 4.69) is 5.10 Å². The fourth-order valence-electron chi connectivity index (χ4n) is 2.29. The van der Waals surface area contributed by atoms with Crippen molar-refractivity contribution in [3.63, 3.8) is 0 Å². The molecule has 0 N–H and O–H groups in total. The maximum Gasteiger partial charge on any atom is 0.410 e. The van der Waals surface area contributed by atoms with Crippen molar-refractivity contribution in [3.05, 3.63) is 17.5 Å². The molecular formula is C15H23N3O4. The van der Waals surface area contributed by atoms with Crippen LogP contribution < -0.4 is 0 Å². The second-order valence-electron chi connectivity index (χ2n) is 6.14. The molecule has 1 aliphatic heterocycles. The number of rotatable bonds is 3. The third-order valence-electron chi connectivity index (χ3n) is 4.09. The van der Waals surface area contributed by atoms with Crippen molar-refractivity contribution in [2.75, 3.05) is 7.11 Å². The van der Waals surface area contributed by atoms with Crippen LogP contribution in [0.15, 0.2) is 6.20 Å². The third-order valence-corrected chi connectivity index (χ3v) is 4.09. The van der Waals surface area contributed by atoms with Crippen LogP contribution in [0.1, 0.15) is 50.2 Å². The van der Waals surface area contributed by atoms with Gasteiger partial charge in [0.1, 0.15) is 11.2 Å². The minimum Gasteiger partial charge on any atom is -0.465 e. The number of esters is 1. The summed E-state index contributed by atoms with van der Waals surface area (Å²) in [5.41, 5.74) is 0.554. The molecule has 2 rings (SSSR count). The number of nitrogens with zero attached hydrogens (tertiary/aromatic N) is 3. The molecule has 1 aromatic heterocycles. The zero-order chi connectivity index (χ0) is 16.5. The lowest BCUT2D eigenvalue weighted by atomic mass is 10.1. The molecule has 0 fully saturated rings. The van der Waals surface area contributed by atoms with Crippen LogP contribution in [0.2, 0.25) is 0 Å². The number of aromatic nitrogens is 2. The van der Waals surface area contributed by atoms with Gasteiger partial charge >= 0.3 is 12.1 Å². The monoisotopic (exact) mass is 309 g/mol. The fraction of sp³-hybridized carbons (Fsp3) is 0.667. The zero-order valence-electron chi connectivity index (χ0n) is 13.8. The average Bonchev–Trinajstić information content (AvgIpc) is 2.87. The molecule has 0 spiro atoms. The maximum absolute atomic E-state index is 12.4. The van der Waals surface area contributed by atoms with Gasteiger partial charge in [-0.15, -0.1) is 0 Å². The van der Waals surface area contributed by atoms with Crippen LogP contribution in [0.5, 0.6) is 0 Å². The Bertz CT molecular complexity index is 579. The van der Waals surface area contributed by atoms with Gasteiger partial charge in [-0.05, 0) is 27.2 Å². The van der Waals surface area contributed by atoms with Crippen molar-refractivity contribution in [2.24, 2.45) is 0 Å². The Morgan fingerprint density at radius 2 is 2.14 bits per heavy atom. The van der Waals surface area contributed by atoms with Crippen LogP contribution in [-0.4, -0.2) is 45.5 Å². The Morgan fingerprint density at radius 1 is 1.45 bits per heavy atom. The standard InChI is InChI=1S/C15H23N3O4/c1-6-15(3,4)22-14(20)17-9-12-11(13(19)21-5)7-16-18(12)8-10(17)2/h7,10H,6,8-9H2,1-5H3/t10-/m0/s1. The van der Waals surface area contributed by atoms with E-state index in [0.717, 1.165) is 6.42 Å². The van der Waals surface area contributed by atoms with Crippen molar-refractivity contribution >= 4 is 12.1 Å². The molecule has 122 valence electrons. The molecule has 0 saturated heterocycles. The predicted molar refractivity (Wildman–Crippen MR) is 79.4 cm³/mol. The molecule has 0 saturated carbocycles. The first-order valence-corrected chi connectivity index (χ1v) is 7.41. The number of hydrogen-bond donors (Lipinski definition) is 0. The average molecular weight is 309 g/mol.